The summed E-state index contributed by atoms with van der Waals surface area (Å²) < 4.78 is 1.14. The molecule has 0 bridgehead atoms. The van der Waals surface area contributed by atoms with Gasteiger partial charge in [0.05, 0.1) is 10.3 Å². The van der Waals surface area contributed by atoms with Crippen LogP contribution in [0.15, 0.2) is 20.9 Å². The Kier molecular flexibility index (Phi) is 8.32. The maximum atomic E-state index is 5.94. The van der Waals surface area contributed by atoms with E-state index in [4.69, 9.17) is 5.73 Å². The topological polar surface area (TPSA) is 50.4 Å². The number of thiophene rings is 1. The fourth-order valence-corrected chi connectivity index (χ4v) is 3.69. The van der Waals surface area contributed by atoms with Crippen LogP contribution >= 0.6 is 51.2 Å². The molecular weight excluding hydrogens is 437 g/mol. The summed E-state index contributed by atoms with van der Waals surface area (Å²) in [7, 11) is 0. The molecule has 0 aliphatic heterocycles. The highest BCUT2D eigenvalue weighted by Gasteiger charge is 2.12. The molecule has 1 aliphatic rings. The van der Waals surface area contributed by atoms with Crippen molar-refractivity contribution in [2.24, 2.45) is 10.7 Å². The van der Waals surface area contributed by atoms with Crippen LogP contribution in [-0.4, -0.2) is 12.0 Å². The number of nitrogens with one attached hydrogen (secondary N) is 1. The van der Waals surface area contributed by atoms with Gasteiger partial charge in [0.15, 0.2) is 5.96 Å². The van der Waals surface area contributed by atoms with Gasteiger partial charge in [0.1, 0.15) is 0 Å². The molecule has 1 heterocycles. The van der Waals surface area contributed by atoms with Gasteiger partial charge < -0.3 is 11.1 Å². The molecule has 6 heteroatoms. The van der Waals surface area contributed by atoms with Crippen LogP contribution in [-0.2, 0) is 6.54 Å². The molecule has 1 saturated carbocycles. The molecule has 0 amide bonds. The van der Waals surface area contributed by atoms with Gasteiger partial charge in [-0.2, -0.15) is 0 Å². The third kappa shape index (κ3) is 6.44. The van der Waals surface area contributed by atoms with E-state index < -0.39 is 0 Å². The van der Waals surface area contributed by atoms with Crippen LogP contribution in [0.5, 0.6) is 0 Å². The Morgan fingerprint density at radius 3 is 2.58 bits per heavy atom. The van der Waals surface area contributed by atoms with E-state index in [0.29, 0.717) is 18.5 Å². The van der Waals surface area contributed by atoms with Gasteiger partial charge in [-0.15, -0.1) is 35.3 Å². The maximum Gasteiger partial charge on any atom is 0.189 e. The molecule has 0 saturated heterocycles. The molecule has 2 rings (SSSR count). The van der Waals surface area contributed by atoms with E-state index in [1.165, 1.54) is 43.4 Å². The first-order valence-electron chi connectivity index (χ1n) is 6.55. The summed E-state index contributed by atoms with van der Waals surface area (Å²) in [5, 5.41) is 3.36. The van der Waals surface area contributed by atoms with E-state index in [2.05, 4.69) is 32.3 Å². The number of hydrogen-bond donors (Lipinski definition) is 2. The summed E-state index contributed by atoms with van der Waals surface area (Å²) in [5.41, 5.74) is 5.94. The van der Waals surface area contributed by atoms with Crippen LogP contribution in [0.4, 0.5) is 0 Å². The van der Waals surface area contributed by atoms with Crippen molar-refractivity contribution in [3.05, 3.63) is 20.8 Å². The summed E-state index contributed by atoms with van der Waals surface area (Å²) in [6.45, 7) is 0.668. The van der Waals surface area contributed by atoms with Crippen molar-refractivity contribution < 1.29 is 0 Å². The van der Waals surface area contributed by atoms with Crippen molar-refractivity contribution in [2.75, 3.05) is 0 Å². The molecular formula is C13H21BrIN3S. The van der Waals surface area contributed by atoms with Gasteiger partial charge in [0, 0.05) is 10.9 Å². The average Bonchev–Trinajstić information content (AvgIpc) is 2.60. The van der Waals surface area contributed by atoms with Gasteiger partial charge in [-0.05, 0) is 40.9 Å². The van der Waals surface area contributed by atoms with Crippen LogP contribution in [0.1, 0.15) is 43.4 Å². The van der Waals surface area contributed by atoms with Gasteiger partial charge in [-0.3, -0.25) is 0 Å². The lowest BCUT2D eigenvalue weighted by molar-refractivity contribution is 0.530. The first kappa shape index (κ1) is 17.2. The van der Waals surface area contributed by atoms with Crippen LogP contribution in [0.25, 0.3) is 0 Å². The van der Waals surface area contributed by atoms with Gasteiger partial charge in [0.2, 0.25) is 0 Å². The number of guanidine groups is 1. The number of nitrogens with two attached hydrogens (primary N) is 1. The first-order valence-corrected chi connectivity index (χ1v) is 8.15. The molecule has 0 unspecified atom stereocenters. The monoisotopic (exact) mass is 457 g/mol. The number of halogens is 2. The van der Waals surface area contributed by atoms with Crippen molar-refractivity contribution in [2.45, 2.75) is 51.1 Å². The van der Waals surface area contributed by atoms with Crippen LogP contribution < -0.4 is 11.1 Å². The molecule has 3 N–H and O–H groups in total. The molecule has 19 heavy (non-hydrogen) atoms. The van der Waals surface area contributed by atoms with E-state index >= 15 is 0 Å². The molecule has 3 nitrogen and oxygen atoms in total. The second-order valence-electron chi connectivity index (χ2n) is 4.74. The molecule has 1 fully saturated rings. The number of nitrogens with zero attached hydrogens (tertiary/aromatic N) is 1. The summed E-state index contributed by atoms with van der Waals surface area (Å²) >= 11 is 5.16. The summed E-state index contributed by atoms with van der Waals surface area (Å²) in [4.78, 5) is 5.63. The minimum atomic E-state index is 0. The van der Waals surface area contributed by atoms with Crippen LogP contribution in [0, 0.1) is 0 Å². The second kappa shape index (κ2) is 9.18. The standard InChI is InChI=1S/C13H20BrN3S.HI/c14-12-8-7-11(18-12)9-16-13(15)17-10-5-3-1-2-4-6-10;/h7-8,10H,1-6,9H2,(H3,15,16,17);1H. The minimum Gasteiger partial charge on any atom is -0.370 e. The van der Waals surface area contributed by atoms with Gasteiger partial charge in [-0.1, -0.05) is 25.7 Å². The lowest BCUT2D eigenvalue weighted by Crippen LogP contribution is -2.39. The van der Waals surface area contributed by atoms with Crippen molar-refractivity contribution >= 4 is 57.2 Å². The number of hydrogen-bond acceptors (Lipinski definition) is 2. The van der Waals surface area contributed by atoms with Gasteiger partial charge in [0.25, 0.3) is 0 Å². The molecule has 0 atom stereocenters. The third-order valence-electron chi connectivity index (χ3n) is 3.24. The van der Waals surface area contributed by atoms with Gasteiger partial charge in [-0.25, -0.2) is 4.99 Å². The van der Waals surface area contributed by atoms with Gasteiger partial charge >= 0.3 is 0 Å². The Hall–Kier alpha value is 0.180. The predicted octanol–water partition coefficient (Wildman–Crippen LogP) is 4.26. The zero-order valence-electron chi connectivity index (χ0n) is 10.9. The van der Waals surface area contributed by atoms with E-state index in [1.807, 2.05) is 6.07 Å². The Labute approximate surface area is 144 Å². The lowest BCUT2D eigenvalue weighted by atomic mass is 10.1. The highest BCUT2D eigenvalue weighted by atomic mass is 127. The van der Waals surface area contributed by atoms with E-state index in [9.17, 15) is 0 Å². The van der Waals surface area contributed by atoms with Crippen molar-refractivity contribution in [3.63, 3.8) is 0 Å². The molecule has 1 aromatic heterocycles. The Bertz CT molecular complexity index is 400. The average molecular weight is 458 g/mol. The fourth-order valence-electron chi connectivity index (χ4n) is 2.28. The summed E-state index contributed by atoms with van der Waals surface area (Å²) in [6, 6.07) is 4.65. The molecule has 1 aliphatic carbocycles. The Morgan fingerprint density at radius 2 is 2.00 bits per heavy atom. The normalized spacial score (nSPS) is 17.6. The molecule has 0 radical (unpaired) electrons. The highest BCUT2D eigenvalue weighted by Crippen LogP contribution is 2.22. The maximum absolute atomic E-state index is 5.94. The minimum absolute atomic E-state index is 0. The summed E-state index contributed by atoms with van der Waals surface area (Å²) in [5.74, 6) is 0.589. The van der Waals surface area contributed by atoms with Crippen molar-refractivity contribution in [1.29, 1.82) is 0 Å². The van der Waals surface area contributed by atoms with Crippen LogP contribution in [0.3, 0.4) is 0 Å². The van der Waals surface area contributed by atoms with E-state index in [-0.39, 0.29) is 24.0 Å². The van der Waals surface area contributed by atoms with Crippen molar-refractivity contribution in [3.8, 4) is 0 Å². The predicted molar refractivity (Wildman–Crippen MR) is 97.4 cm³/mol. The quantitative estimate of drug-likeness (QED) is 0.308. The largest absolute Gasteiger partial charge is 0.370 e. The summed E-state index contributed by atoms with van der Waals surface area (Å²) in [6.07, 6.45) is 7.78. The zero-order valence-corrected chi connectivity index (χ0v) is 15.6. The zero-order chi connectivity index (χ0) is 12.8. The smallest absolute Gasteiger partial charge is 0.189 e. The van der Waals surface area contributed by atoms with Crippen LogP contribution in [0.2, 0.25) is 0 Å². The first-order chi connectivity index (χ1) is 8.74. The Balaban J connectivity index is 0.00000180. The number of aliphatic imine (C=N–C) groups is 1. The molecule has 0 aromatic carbocycles. The van der Waals surface area contributed by atoms with E-state index in [1.54, 1.807) is 11.3 Å². The van der Waals surface area contributed by atoms with Crippen molar-refractivity contribution in [1.82, 2.24) is 5.32 Å². The second-order valence-corrected chi connectivity index (χ2v) is 7.29. The third-order valence-corrected chi connectivity index (χ3v) is 4.85. The Morgan fingerprint density at radius 1 is 1.32 bits per heavy atom. The fraction of sp³-hybridized carbons (Fsp3) is 0.615. The SMILES string of the molecule is I.NC(=NCc1ccc(Br)s1)NC1CCCCCC1. The lowest BCUT2D eigenvalue weighted by Gasteiger charge is -2.16. The molecule has 0 spiro atoms. The highest BCUT2D eigenvalue weighted by molar-refractivity contribution is 14.0. The number of rotatable bonds is 3. The molecule has 108 valence electrons. The van der Waals surface area contributed by atoms with E-state index in [0.717, 1.165) is 3.79 Å². The molecule has 1 aromatic rings.